The van der Waals surface area contributed by atoms with Gasteiger partial charge >= 0.3 is 0 Å². The van der Waals surface area contributed by atoms with E-state index < -0.39 is 0 Å². The topological polar surface area (TPSA) is 56.4 Å². The second-order valence-electron chi connectivity index (χ2n) is 4.47. The van der Waals surface area contributed by atoms with Crippen molar-refractivity contribution < 1.29 is 0 Å². The molecule has 1 heterocycles. The molecule has 1 saturated heterocycles. The van der Waals surface area contributed by atoms with E-state index in [0.29, 0.717) is 10.6 Å². The first-order valence-electron chi connectivity index (χ1n) is 6.23. The van der Waals surface area contributed by atoms with Crippen molar-refractivity contribution in [2.24, 2.45) is 5.73 Å². The number of nitrogens with one attached hydrogen (secondary N) is 1. The Kier molecular flexibility index (Phi) is 4.09. The molecule has 0 bridgehead atoms. The molecule has 1 aromatic rings. The Hall–Kier alpha value is -1.26. The lowest BCUT2D eigenvalue weighted by atomic mass is 10.1. The van der Waals surface area contributed by atoms with Crippen LogP contribution in [-0.2, 0) is 0 Å². The number of rotatable bonds is 3. The molecule has 0 aliphatic carbocycles. The van der Waals surface area contributed by atoms with Crippen LogP contribution >= 0.6 is 11.6 Å². The average molecular weight is 267 g/mol. The number of likely N-dealkylation sites (N-methyl/N-ethyl adjacent to an activating group) is 1. The first kappa shape index (κ1) is 13.2. The highest BCUT2D eigenvalue weighted by atomic mass is 35.5. The molecule has 1 aliphatic heterocycles. The monoisotopic (exact) mass is 266 g/mol. The SMILES string of the molecule is CCN1CCN(c2cccc(Cl)c2C(=N)N)CC1. The van der Waals surface area contributed by atoms with Crippen LogP contribution in [-0.4, -0.2) is 43.5 Å². The molecule has 0 atom stereocenters. The van der Waals surface area contributed by atoms with Gasteiger partial charge in [-0.2, -0.15) is 0 Å². The Balaban J connectivity index is 2.24. The maximum absolute atomic E-state index is 7.67. The fourth-order valence-electron chi connectivity index (χ4n) is 2.35. The molecule has 0 amide bonds. The third kappa shape index (κ3) is 2.60. The molecule has 0 radical (unpaired) electrons. The van der Waals surface area contributed by atoms with Gasteiger partial charge in [-0.25, -0.2) is 0 Å². The normalized spacial score (nSPS) is 16.9. The van der Waals surface area contributed by atoms with E-state index in [1.54, 1.807) is 6.07 Å². The van der Waals surface area contributed by atoms with Crippen molar-refractivity contribution in [3.8, 4) is 0 Å². The van der Waals surface area contributed by atoms with Gasteiger partial charge in [-0.1, -0.05) is 24.6 Å². The summed E-state index contributed by atoms with van der Waals surface area (Å²) >= 11 is 6.14. The number of nitrogen functional groups attached to an aromatic ring is 1. The lowest BCUT2D eigenvalue weighted by Gasteiger charge is -2.36. The lowest BCUT2D eigenvalue weighted by Crippen LogP contribution is -2.46. The molecular weight excluding hydrogens is 248 g/mol. The first-order valence-corrected chi connectivity index (χ1v) is 6.61. The van der Waals surface area contributed by atoms with E-state index in [-0.39, 0.29) is 5.84 Å². The molecule has 0 saturated carbocycles. The number of amidine groups is 1. The minimum atomic E-state index is 0.0357. The highest BCUT2D eigenvalue weighted by Crippen LogP contribution is 2.27. The van der Waals surface area contributed by atoms with Crippen molar-refractivity contribution in [1.82, 2.24) is 4.90 Å². The van der Waals surface area contributed by atoms with Crippen LogP contribution in [0.2, 0.25) is 5.02 Å². The molecule has 2 rings (SSSR count). The minimum Gasteiger partial charge on any atom is -0.384 e. The molecule has 0 spiro atoms. The van der Waals surface area contributed by atoms with Gasteiger partial charge in [0.15, 0.2) is 0 Å². The summed E-state index contributed by atoms with van der Waals surface area (Å²) in [6.45, 7) is 7.25. The Morgan fingerprint density at radius 2 is 2.00 bits per heavy atom. The largest absolute Gasteiger partial charge is 0.384 e. The molecule has 0 unspecified atom stereocenters. The van der Waals surface area contributed by atoms with Crippen molar-refractivity contribution >= 4 is 23.1 Å². The third-order valence-corrected chi connectivity index (χ3v) is 3.74. The van der Waals surface area contributed by atoms with Gasteiger partial charge in [0.05, 0.1) is 10.6 Å². The predicted octanol–water partition coefficient (Wildman–Crippen LogP) is 1.77. The van der Waals surface area contributed by atoms with Gasteiger partial charge in [-0.3, -0.25) is 5.41 Å². The summed E-state index contributed by atoms with van der Waals surface area (Å²) < 4.78 is 0. The highest BCUT2D eigenvalue weighted by Gasteiger charge is 2.20. The fourth-order valence-corrected chi connectivity index (χ4v) is 2.62. The Morgan fingerprint density at radius 1 is 1.33 bits per heavy atom. The van der Waals surface area contributed by atoms with Crippen LogP contribution in [0.25, 0.3) is 0 Å². The number of hydrogen-bond acceptors (Lipinski definition) is 3. The van der Waals surface area contributed by atoms with Gasteiger partial charge in [0, 0.05) is 31.9 Å². The zero-order valence-electron chi connectivity index (χ0n) is 10.6. The average Bonchev–Trinajstić information content (AvgIpc) is 2.38. The standard InChI is InChI=1S/C13H19ClN4/c1-2-17-6-8-18(9-7-17)11-5-3-4-10(14)12(11)13(15)16/h3-5H,2,6-9H2,1H3,(H3,15,16). The maximum Gasteiger partial charge on any atom is 0.126 e. The zero-order chi connectivity index (χ0) is 13.1. The number of nitrogens with zero attached hydrogens (tertiary/aromatic N) is 2. The van der Waals surface area contributed by atoms with Crippen LogP contribution in [0.15, 0.2) is 18.2 Å². The Morgan fingerprint density at radius 3 is 2.56 bits per heavy atom. The number of piperazine rings is 1. The number of anilines is 1. The molecule has 1 aliphatic rings. The number of hydrogen-bond donors (Lipinski definition) is 2. The molecule has 5 heteroatoms. The molecule has 3 N–H and O–H groups in total. The first-order chi connectivity index (χ1) is 8.63. The molecule has 1 fully saturated rings. The summed E-state index contributed by atoms with van der Waals surface area (Å²) in [6, 6.07) is 5.69. The van der Waals surface area contributed by atoms with Gasteiger partial charge in [0.1, 0.15) is 5.84 Å². The van der Waals surface area contributed by atoms with Crippen molar-refractivity contribution in [3.05, 3.63) is 28.8 Å². The summed E-state index contributed by atoms with van der Waals surface area (Å²) in [5.74, 6) is 0.0357. The van der Waals surface area contributed by atoms with Crippen molar-refractivity contribution in [3.63, 3.8) is 0 Å². The van der Waals surface area contributed by atoms with Crippen LogP contribution in [0, 0.1) is 5.41 Å². The molecule has 4 nitrogen and oxygen atoms in total. The molecular formula is C13H19ClN4. The Labute approximate surface area is 113 Å². The van der Waals surface area contributed by atoms with E-state index in [1.165, 1.54) is 0 Å². The predicted molar refractivity (Wildman–Crippen MR) is 76.8 cm³/mol. The third-order valence-electron chi connectivity index (χ3n) is 3.42. The van der Waals surface area contributed by atoms with Crippen molar-refractivity contribution in [2.75, 3.05) is 37.6 Å². The minimum absolute atomic E-state index is 0.0357. The second-order valence-corrected chi connectivity index (χ2v) is 4.88. The van der Waals surface area contributed by atoms with Gasteiger partial charge in [0.2, 0.25) is 0 Å². The van der Waals surface area contributed by atoms with Crippen molar-refractivity contribution in [2.45, 2.75) is 6.92 Å². The van der Waals surface area contributed by atoms with Crippen LogP contribution in [0.5, 0.6) is 0 Å². The molecule has 0 aromatic heterocycles. The van der Waals surface area contributed by atoms with E-state index in [9.17, 15) is 0 Å². The maximum atomic E-state index is 7.67. The van der Waals surface area contributed by atoms with Gasteiger partial charge in [0.25, 0.3) is 0 Å². The van der Waals surface area contributed by atoms with E-state index in [0.717, 1.165) is 38.4 Å². The summed E-state index contributed by atoms with van der Waals surface area (Å²) in [5, 5.41) is 8.22. The van der Waals surface area contributed by atoms with Crippen LogP contribution in [0.3, 0.4) is 0 Å². The van der Waals surface area contributed by atoms with E-state index in [1.807, 2.05) is 12.1 Å². The van der Waals surface area contributed by atoms with Gasteiger partial charge < -0.3 is 15.5 Å². The summed E-state index contributed by atoms with van der Waals surface area (Å²) in [5.41, 5.74) is 7.27. The van der Waals surface area contributed by atoms with Gasteiger partial charge in [-0.05, 0) is 18.7 Å². The summed E-state index contributed by atoms with van der Waals surface area (Å²) in [7, 11) is 0. The van der Waals surface area contributed by atoms with E-state index in [4.69, 9.17) is 22.7 Å². The van der Waals surface area contributed by atoms with Crippen molar-refractivity contribution in [1.29, 1.82) is 5.41 Å². The van der Waals surface area contributed by atoms with Gasteiger partial charge in [-0.15, -0.1) is 0 Å². The smallest absolute Gasteiger partial charge is 0.126 e. The number of benzene rings is 1. The van der Waals surface area contributed by atoms with Crippen LogP contribution in [0.4, 0.5) is 5.69 Å². The van der Waals surface area contributed by atoms with E-state index >= 15 is 0 Å². The highest BCUT2D eigenvalue weighted by molar-refractivity contribution is 6.34. The number of halogens is 1. The summed E-state index contributed by atoms with van der Waals surface area (Å²) in [6.07, 6.45) is 0. The lowest BCUT2D eigenvalue weighted by molar-refractivity contribution is 0.271. The van der Waals surface area contributed by atoms with Crippen LogP contribution in [0.1, 0.15) is 12.5 Å². The van der Waals surface area contributed by atoms with E-state index in [2.05, 4.69) is 16.7 Å². The number of nitrogens with two attached hydrogens (primary N) is 1. The Bertz CT molecular complexity index is 439. The zero-order valence-corrected chi connectivity index (χ0v) is 11.4. The molecule has 1 aromatic carbocycles. The molecule has 18 heavy (non-hydrogen) atoms. The molecule has 98 valence electrons. The fraction of sp³-hybridized carbons (Fsp3) is 0.462. The quantitative estimate of drug-likeness (QED) is 0.648. The summed E-state index contributed by atoms with van der Waals surface area (Å²) in [4.78, 5) is 4.67. The van der Waals surface area contributed by atoms with Crippen LogP contribution < -0.4 is 10.6 Å². The second kappa shape index (κ2) is 5.59.